The molecule has 0 saturated carbocycles. The van der Waals surface area contributed by atoms with Gasteiger partial charge in [-0.1, -0.05) is 75.9 Å². The molecule has 158 valence electrons. The van der Waals surface area contributed by atoms with E-state index < -0.39 is 6.67 Å². The molecule has 0 amide bonds. The minimum Gasteiger partial charge on any atom is -0.449 e. The highest BCUT2D eigenvalue weighted by molar-refractivity contribution is 7.98. The summed E-state index contributed by atoms with van der Waals surface area (Å²) < 4.78 is 23.1. The first-order chi connectivity index (χ1) is 14.2. The maximum absolute atomic E-state index is 12.4. The second-order valence-electron chi connectivity index (χ2n) is 5.69. The number of halogens is 1. The van der Waals surface area contributed by atoms with Gasteiger partial charge in [0.05, 0.1) is 18.6 Å². The molecule has 0 aliphatic heterocycles. The molecule has 2 aromatic carbocycles. The lowest BCUT2D eigenvalue weighted by Crippen LogP contribution is -2.06. The Hall–Kier alpha value is -2.11. The van der Waals surface area contributed by atoms with Crippen LogP contribution in [0.25, 0.3) is 11.0 Å². The topological polar surface area (TPSA) is 39.4 Å². The number of fused-ring (bicyclic) bond motifs is 1. The fourth-order valence-corrected chi connectivity index (χ4v) is 3.43. The fourth-order valence-electron chi connectivity index (χ4n) is 2.48. The van der Waals surface area contributed by atoms with E-state index in [0.29, 0.717) is 34.0 Å². The molecule has 0 radical (unpaired) electrons. The van der Waals surface area contributed by atoms with Gasteiger partial charge in [0.25, 0.3) is 0 Å². The molecule has 0 spiro atoms. The number of para-hydroxylation sites is 1. The Morgan fingerprint density at radius 1 is 0.966 bits per heavy atom. The van der Waals surface area contributed by atoms with Gasteiger partial charge in [0, 0.05) is 11.3 Å². The monoisotopic (exact) mass is 418 g/mol. The van der Waals surface area contributed by atoms with Gasteiger partial charge in [-0.15, -0.1) is 0 Å². The maximum atomic E-state index is 12.4. The van der Waals surface area contributed by atoms with Crippen LogP contribution in [0.4, 0.5) is 4.39 Å². The Balaban J connectivity index is 0.000000989. The van der Waals surface area contributed by atoms with E-state index in [1.54, 1.807) is 13.0 Å². The van der Waals surface area contributed by atoms with Gasteiger partial charge in [0.15, 0.2) is 10.5 Å². The third kappa shape index (κ3) is 7.33. The second-order valence-corrected chi connectivity index (χ2v) is 6.63. The van der Waals surface area contributed by atoms with Gasteiger partial charge in [-0.2, -0.15) is 0 Å². The summed E-state index contributed by atoms with van der Waals surface area (Å²) in [6.07, 6.45) is 0. The third-order valence-electron chi connectivity index (χ3n) is 3.86. The molecular weight excluding hydrogens is 387 g/mol. The van der Waals surface area contributed by atoms with E-state index in [-0.39, 0.29) is 12.0 Å². The van der Waals surface area contributed by atoms with Crippen LogP contribution in [0.2, 0.25) is 0 Å². The summed E-state index contributed by atoms with van der Waals surface area (Å²) in [6, 6.07) is 15.3. The summed E-state index contributed by atoms with van der Waals surface area (Å²) in [7, 11) is 0. The van der Waals surface area contributed by atoms with E-state index in [0.717, 1.165) is 11.1 Å². The predicted octanol–water partition coefficient (Wildman–Crippen LogP) is 6.93. The fraction of sp³-hybridized carbons (Fsp3) is 0.375. The van der Waals surface area contributed by atoms with Crippen LogP contribution in [0.15, 0.2) is 62.8 Å². The Morgan fingerprint density at radius 2 is 1.59 bits per heavy atom. The predicted molar refractivity (Wildman–Crippen MR) is 122 cm³/mol. The molecular formula is C24H31FO3S. The molecule has 29 heavy (non-hydrogen) atoms. The van der Waals surface area contributed by atoms with Crippen LogP contribution in [0.5, 0.6) is 0 Å². The molecule has 3 rings (SSSR count). The highest BCUT2D eigenvalue weighted by atomic mass is 32.2. The molecule has 0 unspecified atom stereocenters. The van der Waals surface area contributed by atoms with Crippen LogP contribution in [0.1, 0.15) is 44.4 Å². The van der Waals surface area contributed by atoms with E-state index in [9.17, 15) is 9.18 Å². The minimum atomic E-state index is -0.467. The summed E-state index contributed by atoms with van der Waals surface area (Å²) in [4.78, 5) is 12.4. The Bertz CT molecular complexity index is 904. The summed E-state index contributed by atoms with van der Waals surface area (Å²) in [5.74, 6) is 0.702. The molecule has 0 bridgehead atoms. The number of rotatable bonds is 7. The summed E-state index contributed by atoms with van der Waals surface area (Å²) in [5, 5.41) is 1.26. The minimum absolute atomic E-state index is 0.0182. The molecule has 0 saturated heterocycles. The summed E-state index contributed by atoms with van der Waals surface area (Å²) in [6.45, 7) is 9.87. The summed E-state index contributed by atoms with van der Waals surface area (Å²) in [5.41, 5.74) is 3.40. The third-order valence-corrected chi connectivity index (χ3v) is 4.99. The van der Waals surface area contributed by atoms with Crippen molar-refractivity contribution in [2.75, 3.05) is 13.3 Å². The standard InChI is InChI=1S/C20H19FO3S.2C2H6/c1-14-19(22)17-4-2-3-5-18(17)24-20(14)25-13-16-8-6-15(7-9-16)12-23-11-10-21;2*1-2/h2-9H,10-13H2,1H3;2*1-2H3. The van der Waals surface area contributed by atoms with Crippen molar-refractivity contribution in [3.05, 3.63) is 75.4 Å². The molecule has 0 aliphatic rings. The first-order valence-corrected chi connectivity index (χ1v) is 11.0. The normalized spacial score (nSPS) is 10.0. The molecule has 0 aliphatic carbocycles. The number of hydrogen-bond acceptors (Lipinski definition) is 4. The largest absolute Gasteiger partial charge is 0.449 e. The van der Waals surface area contributed by atoms with E-state index in [1.807, 2.05) is 70.2 Å². The lowest BCUT2D eigenvalue weighted by molar-refractivity contribution is 0.106. The Kier molecular flexibility index (Phi) is 12.0. The zero-order chi connectivity index (χ0) is 21.6. The van der Waals surface area contributed by atoms with Crippen molar-refractivity contribution < 1.29 is 13.5 Å². The van der Waals surface area contributed by atoms with E-state index in [4.69, 9.17) is 9.15 Å². The van der Waals surface area contributed by atoms with Crippen LogP contribution >= 0.6 is 11.8 Å². The number of hydrogen-bond donors (Lipinski definition) is 0. The Labute approximate surface area is 177 Å². The van der Waals surface area contributed by atoms with Gasteiger partial charge in [-0.05, 0) is 30.2 Å². The zero-order valence-electron chi connectivity index (χ0n) is 18.0. The molecule has 3 aromatic rings. The highest BCUT2D eigenvalue weighted by Gasteiger charge is 2.11. The molecule has 3 nitrogen and oxygen atoms in total. The van der Waals surface area contributed by atoms with Crippen molar-refractivity contribution >= 4 is 22.7 Å². The van der Waals surface area contributed by atoms with Crippen LogP contribution in [0, 0.1) is 6.92 Å². The molecule has 1 heterocycles. The van der Waals surface area contributed by atoms with Crippen molar-refractivity contribution in [1.29, 1.82) is 0 Å². The maximum Gasteiger partial charge on any atom is 0.196 e. The van der Waals surface area contributed by atoms with Crippen molar-refractivity contribution in [3.8, 4) is 0 Å². The number of ether oxygens (including phenoxy) is 1. The second kappa shape index (κ2) is 14.0. The molecule has 0 N–H and O–H groups in total. The molecule has 0 fully saturated rings. The van der Waals surface area contributed by atoms with E-state index in [1.165, 1.54) is 11.8 Å². The van der Waals surface area contributed by atoms with Crippen molar-refractivity contribution in [2.45, 2.75) is 52.1 Å². The summed E-state index contributed by atoms with van der Waals surface area (Å²) >= 11 is 1.51. The van der Waals surface area contributed by atoms with Gasteiger partial charge in [-0.25, -0.2) is 4.39 Å². The quantitative estimate of drug-likeness (QED) is 0.308. The lowest BCUT2D eigenvalue weighted by atomic mass is 10.2. The number of benzene rings is 2. The van der Waals surface area contributed by atoms with Crippen molar-refractivity contribution in [3.63, 3.8) is 0 Å². The first kappa shape index (κ1) is 24.9. The molecule has 0 atom stereocenters. The lowest BCUT2D eigenvalue weighted by Gasteiger charge is -2.07. The van der Waals surface area contributed by atoms with Crippen LogP contribution in [-0.2, 0) is 17.1 Å². The highest BCUT2D eigenvalue weighted by Crippen LogP contribution is 2.27. The smallest absolute Gasteiger partial charge is 0.196 e. The van der Waals surface area contributed by atoms with Crippen LogP contribution in [-0.4, -0.2) is 13.3 Å². The molecule has 5 heteroatoms. The Morgan fingerprint density at radius 3 is 2.24 bits per heavy atom. The number of alkyl halides is 1. The van der Waals surface area contributed by atoms with E-state index >= 15 is 0 Å². The first-order valence-electron chi connectivity index (χ1n) is 10.1. The zero-order valence-corrected chi connectivity index (χ0v) is 18.8. The van der Waals surface area contributed by atoms with Gasteiger partial charge < -0.3 is 9.15 Å². The van der Waals surface area contributed by atoms with Gasteiger partial charge in [-0.3, -0.25) is 4.79 Å². The van der Waals surface area contributed by atoms with Crippen LogP contribution in [0.3, 0.4) is 0 Å². The van der Waals surface area contributed by atoms with Gasteiger partial charge >= 0.3 is 0 Å². The number of thioether (sulfide) groups is 1. The average Bonchev–Trinajstić information content (AvgIpc) is 2.79. The van der Waals surface area contributed by atoms with Crippen LogP contribution < -0.4 is 5.43 Å². The van der Waals surface area contributed by atoms with Gasteiger partial charge in [0.1, 0.15) is 12.3 Å². The SMILES string of the molecule is CC.CC.Cc1c(SCc2ccc(COCCF)cc2)oc2ccccc2c1=O. The van der Waals surface area contributed by atoms with Gasteiger partial charge in [0.2, 0.25) is 0 Å². The molecule has 1 aromatic heterocycles. The van der Waals surface area contributed by atoms with Crippen molar-refractivity contribution in [2.24, 2.45) is 0 Å². The van der Waals surface area contributed by atoms with Crippen molar-refractivity contribution in [1.82, 2.24) is 0 Å². The average molecular weight is 419 g/mol. The van der Waals surface area contributed by atoms with E-state index in [2.05, 4.69) is 0 Å².